The fourth-order valence-electron chi connectivity index (χ4n) is 3.45. The summed E-state index contributed by atoms with van der Waals surface area (Å²) < 4.78 is 0. The van der Waals surface area contributed by atoms with Crippen molar-refractivity contribution >= 4 is 23.6 Å². The third kappa shape index (κ3) is 3.38. The highest BCUT2D eigenvalue weighted by molar-refractivity contribution is 8.00. The molecule has 0 saturated carbocycles. The van der Waals surface area contributed by atoms with Crippen molar-refractivity contribution in [2.75, 3.05) is 25.4 Å². The van der Waals surface area contributed by atoms with Gasteiger partial charge in [-0.3, -0.25) is 9.59 Å². The van der Waals surface area contributed by atoms with E-state index in [4.69, 9.17) is 0 Å². The summed E-state index contributed by atoms with van der Waals surface area (Å²) in [6, 6.07) is 6.15. The molecule has 2 saturated heterocycles. The van der Waals surface area contributed by atoms with Crippen molar-refractivity contribution in [3.8, 4) is 5.75 Å². The Morgan fingerprint density at radius 2 is 2.08 bits per heavy atom. The normalized spacial score (nSPS) is 24.2. The molecule has 0 bridgehead atoms. The van der Waals surface area contributed by atoms with Gasteiger partial charge in [-0.05, 0) is 31.4 Å². The number of nitrogens with zero attached hydrogens (tertiary/aromatic N) is 2. The third-order valence-electron chi connectivity index (χ3n) is 4.84. The number of para-hydroxylation sites is 1. The van der Waals surface area contributed by atoms with Crippen LogP contribution < -0.4 is 0 Å². The Bertz CT molecular complexity index is 622. The van der Waals surface area contributed by atoms with Crippen LogP contribution in [0.15, 0.2) is 24.3 Å². The Labute approximate surface area is 147 Å². The molecule has 3 rings (SSSR count). The molecular weight excluding hydrogens is 324 g/mol. The van der Waals surface area contributed by atoms with Crippen molar-refractivity contribution in [2.45, 2.75) is 37.5 Å². The first kappa shape index (κ1) is 17.1. The Balaban J connectivity index is 1.74. The van der Waals surface area contributed by atoms with Crippen LogP contribution in [-0.4, -0.2) is 63.4 Å². The molecule has 1 N–H and O–H groups in total. The first-order valence-corrected chi connectivity index (χ1v) is 9.66. The summed E-state index contributed by atoms with van der Waals surface area (Å²) in [6.07, 6.45) is 2.59. The van der Waals surface area contributed by atoms with Crippen LogP contribution in [0.25, 0.3) is 0 Å². The number of amides is 2. The molecule has 0 unspecified atom stereocenters. The highest BCUT2D eigenvalue weighted by atomic mass is 32.2. The topological polar surface area (TPSA) is 60.9 Å². The first-order chi connectivity index (χ1) is 11.6. The van der Waals surface area contributed by atoms with Gasteiger partial charge in [0.25, 0.3) is 5.91 Å². The molecule has 0 aliphatic carbocycles. The largest absolute Gasteiger partial charge is 0.507 e. The van der Waals surface area contributed by atoms with Crippen LogP contribution in [0.1, 0.15) is 36.5 Å². The Morgan fingerprint density at radius 1 is 1.29 bits per heavy atom. The number of aromatic hydroxyl groups is 1. The zero-order valence-corrected chi connectivity index (χ0v) is 14.8. The Hall–Kier alpha value is -1.69. The lowest BCUT2D eigenvalue weighted by molar-refractivity contribution is -0.135. The van der Waals surface area contributed by atoms with Gasteiger partial charge in [0.2, 0.25) is 5.91 Å². The van der Waals surface area contributed by atoms with Gasteiger partial charge in [0.15, 0.2) is 0 Å². The Kier molecular flexibility index (Phi) is 5.33. The van der Waals surface area contributed by atoms with Gasteiger partial charge in [0.05, 0.1) is 5.56 Å². The number of carbonyl (C=O) groups excluding carboxylic acids is 2. The van der Waals surface area contributed by atoms with Gasteiger partial charge in [-0.15, -0.1) is 0 Å². The summed E-state index contributed by atoms with van der Waals surface area (Å²) >= 11 is 1.93. The lowest BCUT2D eigenvalue weighted by Gasteiger charge is -2.35. The van der Waals surface area contributed by atoms with Crippen LogP contribution >= 0.6 is 11.8 Å². The quantitative estimate of drug-likeness (QED) is 0.911. The van der Waals surface area contributed by atoms with Crippen molar-refractivity contribution in [3.05, 3.63) is 29.8 Å². The van der Waals surface area contributed by atoms with E-state index in [2.05, 4.69) is 6.92 Å². The number of likely N-dealkylation sites (tertiary alicyclic amines) is 1. The molecule has 2 atom stereocenters. The van der Waals surface area contributed by atoms with Gasteiger partial charge in [0.1, 0.15) is 11.8 Å². The predicted octanol–water partition coefficient (Wildman–Crippen LogP) is 2.35. The van der Waals surface area contributed by atoms with E-state index in [1.165, 1.54) is 6.07 Å². The minimum absolute atomic E-state index is 0.0268. The van der Waals surface area contributed by atoms with E-state index in [1.807, 2.05) is 16.7 Å². The van der Waals surface area contributed by atoms with E-state index in [1.54, 1.807) is 23.1 Å². The van der Waals surface area contributed by atoms with Crippen molar-refractivity contribution in [2.24, 2.45) is 0 Å². The second-order valence-corrected chi connectivity index (χ2v) is 7.77. The lowest BCUT2D eigenvalue weighted by Crippen LogP contribution is -2.51. The number of phenols is 1. The van der Waals surface area contributed by atoms with Gasteiger partial charge in [-0.1, -0.05) is 19.1 Å². The van der Waals surface area contributed by atoms with E-state index in [0.717, 1.165) is 31.7 Å². The summed E-state index contributed by atoms with van der Waals surface area (Å²) in [4.78, 5) is 29.3. The second kappa shape index (κ2) is 7.47. The zero-order valence-electron chi connectivity index (χ0n) is 14.0. The van der Waals surface area contributed by atoms with E-state index < -0.39 is 6.04 Å². The molecule has 1 aromatic rings. The smallest absolute Gasteiger partial charge is 0.258 e. The number of carbonyl (C=O) groups is 2. The van der Waals surface area contributed by atoms with Crippen molar-refractivity contribution in [3.63, 3.8) is 0 Å². The summed E-state index contributed by atoms with van der Waals surface area (Å²) in [7, 11) is 0. The Morgan fingerprint density at radius 3 is 2.83 bits per heavy atom. The minimum atomic E-state index is -0.391. The molecule has 2 aliphatic heterocycles. The van der Waals surface area contributed by atoms with Gasteiger partial charge in [-0.25, -0.2) is 0 Å². The standard InChI is InChI=1S/C18H24N2O3S/c1-2-13-12-19(10-11-24-13)18(23)15-7-5-9-20(15)17(22)14-6-3-4-8-16(14)21/h3-4,6,8,13,15,21H,2,5,7,9-12H2,1H3/t13-,15+/m1/s1. The molecule has 0 spiro atoms. The SMILES string of the molecule is CC[C@@H]1CN(C(=O)[C@@H]2CCCN2C(=O)c2ccccc2O)CCS1. The number of phenolic OH excluding ortho intramolecular Hbond substituents is 1. The molecule has 2 heterocycles. The van der Waals surface area contributed by atoms with Crippen LogP contribution in [0.4, 0.5) is 0 Å². The molecule has 2 aliphatic rings. The van der Waals surface area contributed by atoms with Gasteiger partial charge in [-0.2, -0.15) is 11.8 Å². The van der Waals surface area contributed by atoms with E-state index in [0.29, 0.717) is 18.2 Å². The summed E-state index contributed by atoms with van der Waals surface area (Å²) in [5.74, 6) is 0.753. The molecule has 130 valence electrons. The minimum Gasteiger partial charge on any atom is -0.507 e. The highest BCUT2D eigenvalue weighted by Gasteiger charge is 2.38. The molecule has 1 aromatic carbocycles. The fraction of sp³-hybridized carbons (Fsp3) is 0.556. The molecule has 0 aromatic heterocycles. The maximum Gasteiger partial charge on any atom is 0.258 e. The monoisotopic (exact) mass is 348 g/mol. The highest BCUT2D eigenvalue weighted by Crippen LogP contribution is 2.27. The lowest BCUT2D eigenvalue weighted by atomic mass is 10.1. The van der Waals surface area contributed by atoms with Crippen LogP contribution in [0, 0.1) is 0 Å². The van der Waals surface area contributed by atoms with Gasteiger partial charge in [0, 0.05) is 30.6 Å². The molecule has 0 radical (unpaired) electrons. The number of benzene rings is 1. The van der Waals surface area contributed by atoms with Crippen LogP contribution in [0.2, 0.25) is 0 Å². The molecule has 2 fully saturated rings. The number of thioether (sulfide) groups is 1. The number of hydrogen-bond acceptors (Lipinski definition) is 4. The second-order valence-electron chi connectivity index (χ2n) is 6.36. The average Bonchev–Trinajstić information content (AvgIpc) is 3.10. The molecule has 24 heavy (non-hydrogen) atoms. The summed E-state index contributed by atoms with van der Waals surface area (Å²) in [5, 5.41) is 10.4. The number of rotatable bonds is 3. The first-order valence-electron chi connectivity index (χ1n) is 8.61. The summed E-state index contributed by atoms with van der Waals surface area (Å²) in [5.41, 5.74) is 0.276. The van der Waals surface area contributed by atoms with E-state index in [9.17, 15) is 14.7 Å². The van der Waals surface area contributed by atoms with Crippen LogP contribution in [-0.2, 0) is 4.79 Å². The molecular formula is C18H24N2O3S. The number of hydrogen-bond donors (Lipinski definition) is 1. The molecule has 2 amide bonds. The van der Waals surface area contributed by atoms with E-state index in [-0.39, 0.29) is 23.1 Å². The summed E-state index contributed by atoms with van der Waals surface area (Å²) in [6.45, 7) is 4.25. The average molecular weight is 348 g/mol. The van der Waals surface area contributed by atoms with Crippen molar-refractivity contribution in [1.82, 2.24) is 9.80 Å². The fourth-order valence-corrected chi connectivity index (χ4v) is 4.63. The van der Waals surface area contributed by atoms with Crippen LogP contribution in [0.5, 0.6) is 5.75 Å². The van der Waals surface area contributed by atoms with E-state index >= 15 is 0 Å². The third-order valence-corrected chi connectivity index (χ3v) is 6.21. The van der Waals surface area contributed by atoms with Crippen LogP contribution in [0.3, 0.4) is 0 Å². The maximum absolute atomic E-state index is 13.0. The molecule has 5 nitrogen and oxygen atoms in total. The zero-order chi connectivity index (χ0) is 17.1. The predicted molar refractivity (Wildman–Crippen MR) is 95.3 cm³/mol. The van der Waals surface area contributed by atoms with Gasteiger partial charge < -0.3 is 14.9 Å². The van der Waals surface area contributed by atoms with Crippen molar-refractivity contribution < 1.29 is 14.7 Å². The van der Waals surface area contributed by atoms with Crippen molar-refractivity contribution in [1.29, 1.82) is 0 Å². The van der Waals surface area contributed by atoms with Gasteiger partial charge >= 0.3 is 0 Å². The maximum atomic E-state index is 13.0. The molecule has 6 heteroatoms.